The lowest BCUT2D eigenvalue weighted by Gasteiger charge is -2.13. The molecule has 2 aromatic carbocycles. The van der Waals surface area contributed by atoms with Gasteiger partial charge in [-0.3, -0.25) is 4.79 Å². The zero-order chi connectivity index (χ0) is 19.2. The van der Waals surface area contributed by atoms with Crippen molar-refractivity contribution < 1.29 is 22.7 Å². The van der Waals surface area contributed by atoms with E-state index in [9.17, 15) is 18.0 Å². The van der Waals surface area contributed by atoms with Gasteiger partial charge in [-0.1, -0.05) is 44.2 Å². The average Bonchev–Trinajstić information content (AvgIpc) is 2.59. The Balaban J connectivity index is 1.91. The SMILES string of the molecule is CC(C)c1ccccc1OCC(=O)NN=Cc1cccc(C(F)(F)F)c1. The Morgan fingerprint density at radius 1 is 1.19 bits per heavy atom. The molecule has 0 unspecified atom stereocenters. The molecule has 4 nitrogen and oxygen atoms in total. The summed E-state index contributed by atoms with van der Waals surface area (Å²) in [5.74, 6) is 0.347. The molecule has 0 aliphatic rings. The predicted molar refractivity (Wildman–Crippen MR) is 93.2 cm³/mol. The highest BCUT2D eigenvalue weighted by molar-refractivity contribution is 5.83. The van der Waals surface area contributed by atoms with Crippen molar-refractivity contribution in [1.29, 1.82) is 0 Å². The number of para-hydroxylation sites is 1. The zero-order valence-corrected chi connectivity index (χ0v) is 14.4. The molecular formula is C19H19F3N2O2. The van der Waals surface area contributed by atoms with Gasteiger partial charge in [-0.15, -0.1) is 0 Å². The van der Waals surface area contributed by atoms with E-state index in [0.717, 1.165) is 23.9 Å². The second-order valence-corrected chi connectivity index (χ2v) is 5.90. The molecular weight excluding hydrogens is 345 g/mol. The molecule has 0 radical (unpaired) electrons. The molecule has 0 aliphatic carbocycles. The van der Waals surface area contributed by atoms with Gasteiger partial charge in [0.2, 0.25) is 0 Å². The fourth-order valence-electron chi connectivity index (χ4n) is 2.24. The Labute approximate surface area is 149 Å². The number of hydrogen-bond donors (Lipinski definition) is 1. The number of hydrazone groups is 1. The number of benzene rings is 2. The Morgan fingerprint density at radius 3 is 2.62 bits per heavy atom. The molecule has 2 rings (SSSR count). The first-order valence-corrected chi connectivity index (χ1v) is 7.98. The van der Waals surface area contributed by atoms with E-state index in [1.165, 1.54) is 12.1 Å². The number of nitrogens with zero attached hydrogens (tertiary/aromatic N) is 1. The van der Waals surface area contributed by atoms with Gasteiger partial charge in [0.05, 0.1) is 11.8 Å². The fourth-order valence-corrected chi connectivity index (χ4v) is 2.24. The molecule has 0 saturated carbocycles. The van der Waals surface area contributed by atoms with Crippen LogP contribution in [0.5, 0.6) is 5.75 Å². The van der Waals surface area contributed by atoms with Crippen LogP contribution in [0.15, 0.2) is 53.6 Å². The van der Waals surface area contributed by atoms with Crippen molar-refractivity contribution in [3.05, 3.63) is 65.2 Å². The van der Waals surface area contributed by atoms with Crippen molar-refractivity contribution in [3.63, 3.8) is 0 Å². The number of carbonyl (C=O) groups excluding carboxylic acids is 1. The molecule has 0 spiro atoms. The quantitative estimate of drug-likeness (QED) is 0.612. The second-order valence-electron chi connectivity index (χ2n) is 5.90. The first-order valence-electron chi connectivity index (χ1n) is 7.98. The van der Waals surface area contributed by atoms with Gasteiger partial charge in [0.1, 0.15) is 5.75 Å². The van der Waals surface area contributed by atoms with Crippen LogP contribution in [0.25, 0.3) is 0 Å². The number of rotatable bonds is 6. The summed E-state index contributed by atoms with van der Waals surface area (Å²) in [5, 5.41) is 3.66. The maximum Gasteiger partial charge on any atom is 0.416 e. The van der Waals surface area contributed by atoms with Crippen molar-refractivity contribution >= 4 is 12.1 Å². The van der Waals surface area contributed by atoms with Crippen LogP contribution in [0.2, 0.25) is 0 Å². The molecule has 0 heterocycles. The lowest BCUT2D eigenvalue weighted by Crippen LogP contribution is -2.24. The number of hydrogen-bond acceptors (Lipinski definition) is 3. The monoisotopic (exact) mass is 364 g/mol. The molecule has 2 aromatic rings. The minimum absolute atomic E-state index is 0.228. The topological polar surface area (TPSA) is 50.7 Å². The maximum absolute atomic E-state index is 12.6. The Kier molecular flexibility index (Phi) is 6.38. The standard InChI is InChI=1S/C19H19F3N2O2/c1-13(2)16-8-3-4-9-17(16)26-12-18(25)24-23-11-14-6-5-7-15(10-14)19(20,21)22/h3-11,13H,12H2,1-2H3,(H,24,25). The van der Waals surface area contributed by atoms with Gasteiger partial charge in [-0.2, -0.15) is 18.3 Å². The van der Waals surface area contributed by atoms with E-state index in [2.05, 4.69) is 10.5 Å². The van der Waals surface area contributed by atoms with Gasteiger partial charge in [0.25, 0.3) is 5.91 Å². The molecule has 0 aliphatic heterocycles. The van der Waals surface area contributed by atoms with Gasteiger partial charge < -0.3 is 4.74 Å². The van der Waals surface area contributed by atoms with Gasteiger partial charge in [-0.05, 0) is 35.2 Å². The molecule has 138 valence electrons. The molecule has 1 amide bonds. The van der Waals surface area contributed by atoms with E-state index < -0.39 is 17.6 Å². The Bertz CT molecular complexity index is 786. The second kappa shape index (κ2) is 8.51. The van der Waals surface area contributed by atoms with E-state index in [-0.39, 0.29) is 18.1 Å². The van der Waals surface area contributed by atoms with Crippen LogP contribution in [0, 0.1) is 0 Å². The average molecular weight is 364 g/mol. The van der Waals surface area contributed by atoms with Crippen LogP contribution in [0.1, 0.15) is 36.5 Å². The summed E-state index contributed by atoms with van der Waals surface area (Å²) in [6.45, 7) is 3.78. The van der Waals surface area contributed by atoms with Crippen LogP contribution >= 0.6 is 0 Å². The van der Waals surface area contributed by atoms with Gasteiger partial charge >= 0.3 is 6.18 Å². The molecule has 0 atom stereocenters. The molecule has 0 bridgehead atoms. The van der Waals surface area contributed by atoms with Crippen molar-refractivity contribution in [1.82, 2.24) is 5.43 Å². The third kappa shape index (κ3) is 5.61. The van der Waals surface area contributed by atoms with E-state index in [1.807, 2.05) is 32.0 Å². The van der Waals surface area contributed by atoms with Crippen molar-refractivity contribution in [3.8, 4) is 5.75 Å². The van der Waals surface area contributed by atoms with Crippen LogP contribution in [-0.2, 0) is 11.0 Å². The third-order valence-electron chi connectivity index (χ3n) is 3.52. The molecule has 1 N–H and O–H groups in total. The normalized spacial score (nSPS) is 11.8. The minimum atomic E-state index is -4.43. The van der Waals surface area contributed by atoms with Crippen molar-refractivity contribution in [2.45, 2.75) is 25.9 Å². The number of carbonyl (C=O) groups is 1. The summed E-state index contributed by atoms with van der Waals surface area (Å²) >= 11 is 0. The maximum atomic E-state index is 12.6. The Hall–Kier alpha value is -2.83. The highest BCUT2D eigenvalue weighted by atomic mass is 19.4. The summed E-state index contributed by atoms with van der Waals surface area (Å²) < 4.78 is 43.4. The molecule has 0 saturated heterocycles. The summed E-state index contributed by atoms with van der Waals surface area (Å²) in [4.78, 5) is 11.8. The minimum Gasteiger partial charge on any atom is -0.483 e. The zero-order valence-electron chi connectivity index (χ0n) is 14.4. The molecule has 0 aromatic heterocycles. The molecule has 7 heteroatoms. The van der Waals surface area contributed by atoms with Gasteiger partial charge in [0, 0.05) is 0 Å². The number of alkyl halides is 3. The fraction of sp³-hybridized carbons (Fsp3) is 0.263. The smallest absolute Gasteiger partial charge is 0.416 e. The number of amides is 1. The van der Waals surface area contributed by atoms with E-state index in [1.54, 1.807) is 6.07 Å². The van der Waals surface area contributed by atoms with E-state index in [4.69, 9.17) is 4.74 Å². The number of nitrogens with one attached hydrogen (secondary N) is 1. The van der Waals surface area contributed by atoms with Crippen molar-refractivity contribution in [2.24, 2.45) is 5.10 Å². The van der Waals surface area contributed by atoms with Crippen LogP contribution < -0.4 is 10.2 Å². The highest BCUT2D eigenvalue weighted by Gasteiger charge is 2.30. The third-order valence-corrected chi connectivity index (χ3v) is 3.52. The molecule has 26 heavy (non-hydrogen) atoms. The van der Waals surface area contributed by atoms with Crippen LogP contribution in [0.3, 0.4) is 0 Å². The summed E-state index contributed by atoms with van der Waals surface area (Å²) in [5.41, 5.74) is 2.66. The largest absolute Gasteiger partial charge is 0.483 e. The summed E-state index contributed by atoms with van der Waals surface area (Å²) in [7, 11) is 0. The number of ether oxygens (including phenoxy) is 1. The van der Waals surface area contributed by atoms with Crippen LogP contribution in [0.4, 0.5) is 13.2 Å². The summed E-state index contributed by atoms with van der Waals surface area (Å²) in [6.07, 6.45) is -3.28. The number of halogens is 3. The first-order chi connectivity index (χ1) is 12.3. The van der Waals surface area contributed by atoms with Crippen molar-refractivity contribution in [2.75, 3.05) is 6.61 Å². The van der Waals surface area contributed by atoms with E-state index in [0.29, 0.717) is 5.75 Å². The Morgan fingerprint density at radius 2 is 1.92 bits per heavy atom. The highest BCUT2D eigenvalue weighted by Crippen LogP contribution is 2.29. The lowest BCUT2D eigenvalue weighted by atomic mass is 10.0. The first kappa shape index (κ1) is 19.5. The lowest BCUT2D eigenvalue weighted by molar-refractivity contribution is -0.137. The predicted octanol–water partition coefficient (Wildman–Crippen LogP) is 4.36. The van der Waals surface area contributed by atoms with Gasteiger partial charge in [0.15, 0.2) is 6.61 Å². The van der Waals surface area contributed by atoms with Crippen LogP contribution in [-0.4, -0.2) is 18.7 Å². The molecule has 0 fully saturated rings. The summed E-state index contributed by atoms with van der Waals surface area (Å²) in [6, 6.07) is 12.0. The van der Waals surface area contributed by atoms with Gasteiger partial charge in [-0.25, -0.2) is 5.43 Å². The van der Waals surface area contributed by atoms with E-state index >= 15 is 0 Å².